The van der Waals surface area contributed by atoms with Gasteiger partial charge in [-0.15, -0.1) is 11.3 Å². The van der Waals surface area contributed by atoms with E-state index >= 15 is 0 Å². The molecule has 0 saturated carbocycles. The number of aromatic nitrogens is 2. The third-order valence-electron chi connectivity index (χ3n) is 6.09. The molecule has 0 radical (unpaired) electrons. The minimum atomic E-state index is 0.660. The van der Waals surface area contributed by atoms with Crippen molar-refractivity contribution in [3.05, 3.63) is 57.9 Å². The zero-order valence-corrected chi connectivity index (χ0v) is 19.5. The smallest absolute Gasteiger partial charge is 0.228 e. The average molecular weight is 452 g/mol. The molecule has 1 aromatic carbocycles. The average Bonchev–Trinajstić information content (AvgIpc) is 3.33. The largest absolute Gasteiger partial charge is 0.497 e. The summed E-state index contributed by atoms with van der Waals surface area (Å²) in [6.45, 7) is 6.60. The van der Waals surface area contributed by atoms with Crippen LogP contribution in [0.1, 0.15) is 16.1 Å². The predicted molar refractivity (Wildman–Crippen MR) is 127 cm³/mol. The fourth-order valence-electron chi connectivity index (χ4n) is 4.19. The molecule has 0 atom stereocenters. The molecule has 32 heavy (non-hydrogen) atoms. The van der Waals surface area contributed by atoms with Gasteiger partial charge in [-0.25, -0.2) is 4.98 Å². The van der Waals surface area contributed by atoms with E-state index in [-0.39, 0.29) is 0 Å². The molecule has 1 saturated heterocycles. The first-order chi connectivity index (χ1) is 15.7. The first-order valence-electron chi connectivity index (χ1n) is 11.1. The highest BCUT2D eigenvalue weighted by Gasteiger charge is 2.26. The van der Waals surface area contributed by atoms with Crippen molar-refractivity contribution in [1.29, 1.82) is 0 Å². The second-order valence-corrected chi connectivity index (χ2v) is 9.40. The Labute approximate surface area is 193 Å². The standard InChI is InChI=1S/C24H29N5O2S/c1-27-10-12-29(13-11-27)24-25-22-8-9-28(16-20-7-4-14-32-20)17-21(22)23(26-24)31-19-6-3-5-18(15-19)30-2/h3-7,14-15H,8-13,16-17H2,1-2H3. The fraction of sp³-hybridized carbons (Fsp3) is 0.417. The maximum absolute atomic E-state index is 6.36. The van der Waals surface area contributed by atoms with Crippen molar-refractivity contribution in [2.75, 3.05) is 51.8 Å². The second kappa shape index (κ2) is 9.44. The van der Waals surface area contributed by atoms with E-state index in [1.165, 1.54) is 4.88 Å². The summed E-state index contributed by atoms with van der Waals surface area (Å²) >= 11 is 1.80. The van der Waals surface area contributed by atoms with E-state index in [9.17, 15) is 0 Å². The maximum atomic E-state index is 6.36. The molecule has 2 aliphatic heterocycles. The SMILES string of the molecule is COc1cccc(Oc2nc(N3CCN(C)CC3)nc3c2CN(Cc2cccs2)CC3)c1. The summed E-state index contributed by atoms with van der Waals surface area (Å²) in [5, 5.41) is 2.13. The van der Waals surface area contributed by atoms with Crippen molar-refractivity contribution < 1.29 is 9.47 Å². The van der Waals surface area contributed by atoms with Crippen LogP contribution < -0.4 is 14.4 Å². The summed E-state index contributed by atoms with van der Waals surface area (Å²) in [7, 11) is 3.82. The van der Waals surface area contributed by atoms with E-state index in [4.69, 9.17) is 19.4 Å². The normalized spacial score (nSPS) is 17.2. The number of fused-ring (bicyclic) bond motifs is 1. The Morgan fingerprint density at radius 2 is 1.84 bits per heavy atom. The molecule has 0 N–H and O–H groups in total. The Bertz CT molecular complexity index is 1050. The Balaban J connectivity index is 1.46. The van der Waals surface area contributed by atoms with Crippen molar-refractivity contribution in [2.45, 2.75) is 19.5 Å². The molecule has 2 aromatic heterocycles. The van der Waals surface area contributed by atoms with Crippen molar-refractivity contribution >= 4 is 17.3 Å². The zero-order chi connectivity index (χ0) is 21.9. The predicted octanol–water partition coefficient (Wildman–Crippen LogP) is 3.65. The van der Waals surface area contributed by atoms with Gasteiger partial charge in [0.05, 0.1) is 18.4 Å². The van der Waals surface area contributed by atoms with E-state index in [1.807, 2.05) is 24.3 Å². The highest BCUT2D eigenvalue weighted by atomic mass is 32.1. The van der Waals surface area contributed by atoms with Gasteiger partial charge in [-0.05, 0) is 30.6 Å². The lowest BCUT2D eigenvalue weighted by Crippen LogP contribution is -2.45. The Morgan fingerprint density at radius 3 is 2.62 bits per heavy atom. The first kappa shape index (κ1) is 21.2. The summed E-state index contributed by atoms with van der Waals surface area (Å²) in [5.41, 5.74) is 2.20. The first-order valence-corrected chi connectivity index (χ1v) is 12.0. The molecule has 0 unspecified atom stereocenters. The van der Waals surface area contributed by atoms with Crippen LogP contribution in [0.2, 0.25) is 0 Å². The minimum Gasteiger partial charge on any atom is -0.497 e. The van der Waals surface area contributed by atoms with Gasteiger partial charge in [0.1, 0.15) is 11.5 Å². The molecule has 2 aliphatic rings. The third-order valence-corrected chi connectivity index (χ3v) is 6.95. The molecular weight excluding hydrogens is 422 g/mol. The van der Waals surface area contributed by atoms with Crippen molar-refractivity contribution in [1.82, 2.24) is 19.8 Å². The summed E-state index contributed by atoms with van der Waals surface area (Å²) in [6.07, 6.45) is 0.901. The lowest BCUT2D eigenvalue weighted by Gasteiger charge is -2.34. The molecule has 1 fully saturated rings. The van der Waals surface area contributed by atoms with Crippen LogP contribution in [-0.4, -0.2) is 66.6 Å². The summed E-state index contributed by atoms with van der Waals surface area (Å²) in [5.74, 6) is 2.93. The van der Waals surface area contributed by atoms with Crippen molar-refractivity contribution in [2.24, 2.45) is 0 Å². The molecule has 168 valence electrons. The lowest BCUT2D eigenvalue weighted by molar-refractivity contribution is 0.240. The van der Waals surface area contributed by atoms with Crippen LogP contribution in [0.3, 0.4) is 0 Å². The van der Waals surface area contributed by atoms with E-state index in [1.54, 1.807) is 18.4 Å². The molecule has 0 aliphatic carbocycles. The fourth-order valence-corrected chi connectivity index (χ4v) is 4.94. The minimum absolute atomic E-state index is 0.660. The number of hydrogen-bond donors (Lipinski definition) is 0. The zero-order valence-electron chi connectivity index (χ0n) is 18.7. The number of nitrogens with zero attached hydrogens (tertiary/aromatic N) is 5. The van der Waals surface area contributed by atoms with Gasteiger partial charge in [-0.2, -0.15) is 4.98 Å². The Kier molecular flexibility index (Phi) is 6.25. The van der Waals surface area contributed by atoms with Gasteiger partial charge in [-0.1, -0.05) is 12.1 Å². The molecule has 0 amide bonds. The van der Waals surface area contributed by atoms with E-state index < -0.39 is 0 Å². The van der Waals surface area contributed by atoms with Gasteiger partial charge in [0, 0.05) is 63.2 Å². The maximum Gasteiger partial charge on any atom is 0.228 e. The van der Waals surface area contributed by atoms with Crippen LogP contribution in [0.5, 0.6) is 17.4 Å². The molecule has 8 heteroatoms. The van der Waals surface area contributed by atoms with Gasteiger partial charge in [-0.3, -0.25) is 4.90 Å². The third kappa shape index (κ3) is 4.72. The highest BCUT2D eigenvalue weighted by Crippen LogP contribution is 2.33. The van der Waals surface area contributed by atoms with Crippen LogP contribution >= 0.6 is 11.3 Å². The molecule has 0 spiro atoms. The van der Waals surface area contributed by atoms with Gasteiger partial charge in [0.15, 0.2) is 0 Å². The monoisotopic (exact) mass is 451 g/mol. The van der Waals surface area contributed by atoms with Gasteiger partial charge < -0.3 is 19.3 Å². The van der Waals surface area contributed by atoms with Crippen LogP contribution in [-0.2, 0) is 19.5 Å². The number of benzene rings is 1. The highest BCUT2D eigenvalue weighted by molar-refractivity contribution is 7.09. The quantitative estimate of drug-likeness (QED) is 0.567. The Morgan fingerprint density at radius 1 is 1.00 bits per heavy atom. The van der Waals surface area contributed by atoms with E-state index in [0.29, 0.717) is 5.88 Å². The summed E-state index contributed by atoms with van der Waals surface area (Å²) in [6, 6.07) is 12.0. The van der Waals surface area contributed by atoms with Crippen LogP contribution in [0.4, 0.5) is 5.95 Å². The molecule has 4 heterocycles. The molecule has 7 nitrogen and oxygen atoms in total. The number of hydrogen-bond acceptors (Lipinski definition) is 8. The lowest BCUT2D eigenvalue weighted by atomic mass is 10.1. The second-order valence-electron chi connectivity index (χ2n) is 8.37. The van der Waals surface area contributed by atoms with Gasteiger partial charge in [0.2, 0.25) is 11.8 Å². The summed E-state index contributed by atoms with van der Waals surface area (Å²) < 4.78 is 11.7. The summed E-state index contributed by atoms with van der Waals surface area (Å²) in [4.78, 5) is 18.4. The van der Waals surface area contributed by atoms with Gasteiger partial charge in [0.25, 0.3) is 0 Å². The number of likely N-dealkylation sites (N-methyl/N-ethyl adjacent to an activating group) is 1. The van der Waals surface area contributed by atoms with E-state index in [0.717, 1.165) is 80.9 Å². The number of ether oxygens (including phenoxy) is 2. The molecular formula is C24H29N5O2S. The van der Waals surface area contributed by atoms with Crippen molar-refractivity contribution in [3.63, 3.8) is 0 Å². The number of methoxy groups -OCH3 is 1. The molecule has 0 bridgehead atoms. The van der Waals surface area contributed by atoms with E-state index in [2.05, 4.69) is 39.3 Å². The Hall–Kier alpha value is -2.68. The van der Waals surface area contributed by atoms with Gasteiger partial charge >= 0.3 is 0 Å². The van der Waals surface area contributed by atoms with Crippen LogP contribution in [0.15, 0.2) is 41.8 Å². The number of thiophene rings is 1. The molecule has 5 rings (SSSR count). The van der Waals surface area contributed by atoms with Crippen LogP contribution in [0.25, 0.3) is 0 Å². The van der Waals surface area contributed by atoms with Crippen molar-refractivity contribution in [3.8, 4) is 17.4 Å². The van der Waals surface area contributed by atoms with Crippen LogP contribution in [0, 0.1) is 0 Å². The molecule has 3 aromatic rings. The topological polar surface area (TPSA) is 54.0 Å². The number of rotatable bonds is 6. The number of anilines is 1. The number of piperazine rings is 1.